The van der Waals surface area contributed by atoms with Crippen LogP contribution in [0.1, 0.15) is 27.8 Å². The third kappa shape index (κ3) is 2.52. The summed E-state index contributed by atoms with van der Waals surface area (Å²) in [4.78, 5) is 18.7. The molecule has 4 rings (SSSR count). The van der Waals surface area contributed by atoms with Crippen LogP contribution in [0, 0.1) is 5.92 Å². The minimum absolute atomic E-state index is 0.131. The zero-order valence-corrected chi connectivity index (χ0v) is 12.8. The molecular formula is C20H15NO3. The number of rotatable bonds is 4. The number of furan rings is 1. The summed E-state index contributed by atoms with van der Waals surface area (Å²) in [7, 11) is 0. The van der Waals surface area contributed by atoms with Gasteiger partial charge in [-0.25, -0.2) is 0 Å². The number of oxime groups is 1. The van der Waals surface area contributed by atoms with Crippen LogP contribution in [0.5, 0.6) is 0 Å². The second kappa shape index (κ2) is 6.16. The van der Waals surface area contributed by atoms with E-state index in [2.05, 4.69) is 5.16 Å². The Morgan fingerprint density at radius 2 is 1.58 bits per heavy atom. The Morgan fingerprint density at radius 1 is 0.875 bits per heavy atom. The smallest absolute Gasteiger partial charge is 0.211 e. The molecule has 0 saturated carbocycles. The molecule has 0 amide bonds. The van der Waals surface area contributed by atoms with Crippen LogP contribution in [0.2, 0.25) is 0 Å². The number of carbonyl (C=O) groups is 1. The van der Waals surface area contributed by atoms with Gasteiger partial charge in [0.1, 0.15) is 11.6 Å². The zero-order valence-electron chi connectivity index (χ0n) is 12.8. The van der Waals surface area contributed by atoms with Crippen LogP contribution < -0.4 is 0 Å². The number of carbonyl (C=O) groups excluding carboxylic acids is 1. The van der Waals surface area contributed by atoms with Crippen molar-refractivity contribution >= 4 is 11.5 Å². The Labute approximate surface area is 139 Å². The van der Waals surface area contributed by atoms with Crippen LogP contribution in [0.4, 0.5) is 0 Å². The van der Waals surface area contributed by atoms with Crippen molar-refractivity contribution in [2.75, 3.05) is 0 Å². The molecule has 3 aromatic rings. The van der Waals surface area contributed by atoms with E-state index in [0.29, 0.717) is 11.5 Å². The molecule has 2 aromatic carbocycles. The highest BCUT2D eigenvalue weighted by Crippen LogP contribution is 2.37. The maximum atomic E-state index is 13.0. The summed E-state index contributed by atoms with van der Waals surface area (Å²) in [6.07, 6.45) is 1.04. The van der Waals surface area contributed by atoms with E-state index in [-0.39, 0.29) is 5.78 Å². The number of nitrogens with zero attached hydrogens (tertiary/aromatic N) is 1. The van der Waals surface area contributed by atoms with E-state index >= 15 is 0 Å². The highest BCUT2D eigenvalue weighted by Gasteiger charge is 2.42. The maximum Gasteiger partial charge on any atom is 0.211 e. The van der Waals surface area contributed by atoms with E-state index in [1.54, 1.807) is 12.1 Å². The van der Waals surface area contributed by atoms with Crippen molar-refractivity contribution in [2.24, 2.45) is 11.1 Å². The molecule has 2 heterocycles. The Morgan fingerprint density at radius 3 is 2.25 bits per heavy atom. The molecule has 0 N–H and O–H groups in total. The van der Waals surface area contributed by atoms with Gasteiger partial charge in [0.05, 0.1) is 6.26 Å². The molecular weight excluding hydrogens is 302 g/mol. The van der Waals surface area contributed by atoms with Gasteiger partial charge in [0, 0.05) is 5.56 Å². The predicted molar refractivity (Wildman–Crippen MR) is 89.8 cm³/mol. The van der Waals surface area contributed by atoms with Crippen LogP contribution in [0.3, 0.4) is 0 Å². The summed E-state index contributed by atoms with van der Waals surface area (Å²) >= 11 is 0. The van der Waals surface area contributed by atoms with Crippen LogP contribution in [0.15, 0.2) is 88.6 Å². The highest BCUT2D eigenvalue weighted by atomic mass is 16.6. The number of hydrogen-bond acceptors (Lipinski definition) is 4. The number of benzene rings is 2. The Hall–Kier alpha value is -3.14. The molecule has 0 spiro atoms. The fraction of sp³-hybridized carbons (Fsp3) is 0.100. The molecule has 24 heavy (non-hydrogen) atoms. The minimum atomic E-state index is -0.541. The molecule has 1 aliphatic heterocycles. The summed E-state index contributed by atoms with van der Waals surface area (Å²) in [5.74, 6) is -0.357. The van der Waals surface area contributed by atoms with Gasteiger partial charge in [-0.2, -0.15) is 0 Å². The molecule has 0 fully saturated rings. The molecule has 2 atom stereocenters. The average Bonchev–Trinajstić information content (AvgIpc) is 3.32. The molecule has 1 aliphatic rings. The molecule has 0 saturated heterocycles. The molecule has 118 valence electrons. The first-order valence-electron chi connectivity index (χ1n) is 7.76. The third-order valence-electron chi connectivity index (χ3n) is 4.11. The SMILES string of the molecule is O=C(c1ccco1)C1C(c2ccccc2)=NOC1c1ccccc1. The molecule has 1 aromatic heterocycles. The van der Waals surface area contributed by atoms with Crippen molar-refractivity contribution in [1.29, 1.82) is 0 Å². The average molecular weight is 317 g/mol. The van der Waals surface area contributed by atoms with Gasteiger partial charge < -0.3 is 9.25 Å². The number of Topliss-reactive ketones (excluding diaryl/α,β-unsaturated/α-hetero) is 1. The molecule has 0 aliphatic carbocycles. The lowest BCUT2D eigenvalue weighted by Crippen LogP contribution is -2.27. The lowest BCUT2D eigenvalue weighted by molar-refractivity contribution is 0.0519. The van der Waals surface area contributed by atoms with E-state index in [9.17, 15) is 4.79 Å². The van der Waals surface area contributed by atoms with E-state index in [0.717, 1.165) is 11.1 Å². The van der Waals surface area contributed by atoms with Crippen molar-refractivity contribution in [2.45, 2.75) is 6.10 Å². The number of ketones is 1. The van der Waals surface area contributed by atoms with Gasteiger partial charge in [-0.05, 0) is 17.7 Å². The van der Waals surface area contributed by atoms with Crippen LogP contribution in [-0.4, -0.2) is 11.5 Å². The standard InChI is InChI=1S/C20H15NO3/c22-19(16-12-7-13-23-16)17-18(14-8-3-1-4-9-14)21-24-20(17)15-10-5-2-6-11-15/h1-13,17,20H. The first-order valence-corrected chi connectivity index (χ1v) is 7.76. The molecule has 0 radical (unpaired) electrons. The van der Waals surface area contributed by atoms with Gasteiger partial charge in [0.25, 0.3) is 0 Å². The minimum Gasteiger partial charge on any atom is -0.461 e. The highest BCUT2D eigenvalue weighted by molar-refractivity contribution is 6.18. The molecule has 0 bridgehead atoms. The summed E-state index contributed by atoms with van der Waals surface area (Å²) < 4.78 is 5.32. The van der Waals surface area contributed by atoms with Crippen LogP contribution in [0.25, 0.3) is 0 Å². The van der Waals surface area contributed by atoms with Gasteiger partial charge in [0.2, 0.25) is 5.78 Å². The first kappa shape index (κ1) is 14.5. The molecule has 2 unspecified atom stereocenters. The van der Waals surface area contributed by atoms with Crippen molar-refractivity contribution in [3.05, 3.63) is 95.9 Å². The fourth-order valence-electron chi connectivity index (χ4n) is 2.95. The fourth-order valence-corrected chi connectivity index (χ4v) is 2.95. The largest absolute Gasteiger partial charge is 0.461 e. The van der Waals surface area contributed by atoms with Gasteiger partial charge in [-0.15, -0.1) is 0 Å². The maximum absolute atomic E-state index is 13.0. The lowest BCUT2D eigenvalue weighted by Gasteiger charge is -2.17. The van der Waals surface area contributed by atoms with Gasteiger partial charge in [0.15, 0.2) is 11.9 Å². The topological polar surface area (TPSA) is 51.8 Å². The van der Waals surface area contributed by atoms with E-state index < -0.39 is 12.0 Å². The summed E-state index contributed by atoms with van der Waals surface area (Å²) in [5, 5.41) is 4.23. The lowest BCUT2D eigenvalue weighted by atomic mass is 9.85. The zero-order chi connectivity index (χ0) is 16.4. The molecule has 4 nitrogen and oxygen atoms in total. The van der Waals surface area contributed by atoms with Crippen molar-refractivity contribution < 1.29 is 14.0 Å². The second-order valence-corrected chi connectivity index (χ2v) is 5.60. The predicted octanol–water partition coefficient (Wildman–Crippen LogP) is 4.25. The van der Waals surface area contributed by atoms with Gasteiger partial charge in [-0.3, -0.25) is 4.79 Å². The van der Waals surface area contributed by atoms with Crippen molar-refractivity contribution in [1.82, 2.24) is 0 Å². The summed E-state index contributed by atoms with van der Waals surface area (Å²) in [5.41, 5.74) is 2.42. The normalized spacial score (nSPS) is 19.6. The summed E-state index contributed by atoms with van der Waals surface area (Å²) in [6.45, 7) is 0. The Kier molecular flexibility index (Phi) is 3.71. The monoisotopic (exact) mass is 317 g/mol. The summed E-state index contributed by atoms with van der Waals surface area (Å²) in [6, 6.07) is 22.7. The quantitative estimate of drug-likeness (QED) is 0.676. The molecule has 4 heteroatoms. The number of hydrogen-bond donors (Lipinski definition) is 0. The van der Waals surface area contributed by atoms with E-state index in [1.807, 2.05) is 60.7 Å². The third-order valence-corrected chi connectivity index (χ3v) is 4.11. The van der Waals surface area contributed by atoms with E-state index in [1.165, 1.54) is 6.26 Å². The van der Waals surface area contributed by atoms with E-state index in [4.69, 9.17) is 9.25 Å². The Bertz CT molecular complexity index is 854. The Balaban J connectivity index is 1.76. The van der Waals surface area contributed by atoms with Crippen LogP contribution >= 0.6 is 0 Å². The van der Waals surface area contributed by atoms with Crippen LogP contribution in [-0.2, 0) is 4.84 Å². The van der Waals surface area contributed by atoms with Crippen molar-refractivity contribution in [3.63, 3.8) is 0 Å². The second-order valence-electron chi connectivity index (χ2n) is 5.60. The first-order chi connectivity index (χ1) is 11.8. The van der Waals surface area contributed by atoms with Gasteiger partial charge in [-0.1, -0.05) is 65.8 Å². The van der Waals surface area contributed by atoms with Crippen molar-refractivity contribution in [3.8, 4) is 0 Å². The van der Waals surface area contributed by atoms with Gasteiger partial charge >= 0.3 is 0 Å².